The van der Waals surface area contributed by atoms with Crippen molar-refractivity contribution in [2.24, 2.45) is 0 Å². The van der Waals surface area contributed by atoms with Gasteiger partial charge in [-0.25, -0.2) is 0 Å². The fraction of sp³-hybridized carbons (Fsp3) is 0.889. The summed E-state index contributed by atoms with van der Waals surface area (Å²) in [5.41, 5.74) is 1.74. The van der Waals surface area contributed by atoms with E-state index in [1.165, 1.54) is 70.6 Å². The molecule has 1 aromatic heterocycles. The van der Waals surface area contributed by atoms with Crippen LogP contribution in [-0.2, 0) is 5.41 Å². The van der Waals surface area contributed by atoms with Crippen LogP contribution in [0.2, 0.25) is 0 Å². The van der Waals surface area contributed by atoms with Crippen molar-refractivity contribution < 1.29 is 0 Å². The quantitative estimate of drug-likeness (QED) is 0.216. The first kappa shape index (κ1) is 21.3. The number of nitrogens with zero attached hydrogens (tertiary/aromatic N) is 2. The van der Waals surface area contributed by atoms with Crippen LogP contribution in [0, 0.1) is 0 Å². The first-order valence-electron chi connectivity index (χ1n) is 9.24. The molecule has 0 saturated carbocycles. The average Bonchev–Trinajstić information content (AvgIpc) is 3.07. The van der Waals surface area contributed by atoms with Gasteiger partial charge in [0.05, 0.1) is 4.58 Å². The molecule has 0 N–H and O–H groups in total. The molecule has 0 aliphatic carbocycles. The summed E-state index contributed by atoms with van der Waals surface area (Å²) in [5.74, 6) is 0. The van der Waals surface area contributed by atoms with Crippen molar-refractivity contribution in [1.82, 2.24) is 10.2 Å². The van der Waals surface area contributed by atoms with Crippen molar-refractivity contribution in [2.45, 2.75) is 101 Å². The van der Waals surface area contributed by atoms with Gasteiger partial charge in [0.1, 0.15) is 10.5 Å². The Morgan fingerprint density at radius 3 is 1.91 bits per heavy atom. The Balaban J connectivity index is 2.07. The molecular weight excluding hydrogens is 340 g/mol. The molecule has 1 atom stereocenters. The van der Waals surface area contributed by atoms with Gasteiger partial charge in [0.25, 0.3) is 0 Å². The van der Waals surface area contributed by atoms with Crippen molar-refractivity contribution >= 4 is 36.6 Å². The van der Waals surface area contributed by atoms with Crippen LogP contribution in [-0.4, -0.2) is 14.8 Å². The molecule has 2 nitrogen and oxygen atoms in total. The zero-order valence-electron chi connectivity index (χ0n) is 14.8. The van der Waals surface area contributed by atoms with Gasteiger partial charge in [0, 0.05) is 5.41 Å². The molecule has 0 aromatic carbocycles. The van der Waals surface area contributed by atoms with Crippen molar-refractivity contribution in [3.8, 4) is 0 Å². The number of aromatic nitrogens is 2. The maximum Gasteiger partial charge on any atom is 0.125 e. The Bertz CT molecular complexity index is 382. The topological polar surface area (TPSA) is 25.8 Å². The first-order valence-corrected chi connectivity index (χ1v) is 11.1. The third-order valence-electron chi connectivity index (χ3n) is 4.72. The zero-order chi connectivity index (χ0) is 17.0. The summed E-state index contributed by atoms with van der Waals surface area (Å²) in [5, 5.41) is 9.30. The molecular formula is C18H34N2S3. The molecule has 0 radical (unpaired) electrons. The smallest absolute Gasteiger partial charge is 0.125 e. The van der Waals surface area contributed by atoms with E-state index in [0.29, 0.717) is 0 Å². The second kappa shape index (κ2) is 12.6. The number of hydrogen-bond donors (Lipinski definition) is 2. The second-order valence-corrected chi connectivity index (χ2v) is 9.09. The van der Waals surface area contributed by atoms with E-state index in [9.17, 15) is 0 Å². The summed E-state index contributed by atoms with van der Waals surface area (Å²) in [6.45, 7) is 4.49. The Kier molecular flexibility index (Phi) is 11.7. The Morgan fingerprint density at radius 1 is 0.957 bits per heavy atom. The van der Waals surface area contributed by atoms with Crippen LogP contribution in [0.4, 0.5) is 0 Å². The summed E-state index contributed by atoms with van der Waals surface area (Å²) >= 11 is 10.8. The maximum atomic E-state index is 4.57. The molecule has 0 amide bonds. The Labute approximate surface area is 158 Å². The maximum absolute atomic E-state index is 4.57. The zero-order valence-corrected chi connectivity index (χ0v) is 17.4. The van der Waals surface area contributed by atoms with E-state index in [1.807, 2.05) is 0 Å². The van der Waals surface area contributed by atoms with E-state index < -0.39 is 0 Å². The minimum Gasteiger partial charge on any atom is -0.164 e. The highest BCUT2D eigenvalue weighted by atomic mass is 32.2. The largest absolute Gasteiger partial charge is 0.164 e. The number of unbranched alkanes of at least 4 members (excludes halogenated alkanes) is 10. The lowest BCUT2D eigenvalue weighted by Gasteiger charge is -2.29. The summed E-state index contributed by atoms with van der Waals surface area (Å²) < 4.78 is 0.0126. The minimum absolute atomic E-state index is 0.0126. The molecule has 0 bridgehead atoms. The average molecular weight is 375 g/mol. The lowest BCUT2D eigenvalue weighted by molar-refractivity contribution is 0.432. The Morgan fingerprint density at radius 2 is 1.48 bits per heavy atom. The molecule has 1 unspecified atom stereocenters. The predicted molar refractivity (Wildman–Crippen MR) is 110 cm³/mol. The highest BCUT2D eigenvalue weighted by molar-refractivity contribution is 7.99. The number of hydrogen-bond acceptors (Lipinski definition) is 5. The summed E-state index contributed by atoms with van der Waals surface area (Å²) in [4.78, 5) is 0. The van der Waals surface area contributed by atoms with Crippen molar-refractivity contribution in [1.29, 1.82) is 0 Å². The SMILES string of the molecule is CCCCCCCCCCCCCC(C)(c1nncs1)C(S)S. The first-order chi connectivity index (χ1) is 11.1. The number of thiol groups is 2. The standard InChI is InChI=1S/C18H34N2S3/c1-3-4-5-6-7-8-9-10-11-12-13-14-18(2,17(21)22)16-20-19-15-23-16/h15,17,21-22H,3-14H2,1-2H3. The van der Waals surface area contributed by atoms with Crippen LogP contribution in [0.5, 0.6) is 0 Å². The van der Waals surface area contributed by atoms with E-state index in [1.54, 1.807) is 16.8 Å². The lowest BCUT2D eigenvalue weighted by Crippen LogP contribution is -2.29. The fourth-order valence-electron chi connectivity index (χ4n) is 2.92. The minimum atomic E-state index is -0.0628. The normalized spacial score (nSPS) is 14.3. The molecule has 1 aromatic rings. The van der Waals surface area contributed by atoms with Crippen molar-refractivity contribution in [2.75, 3.05) is 0 Å². The van der Waals surface area contributed by atoms with Crippen LogP contribution in [0.3, 0.4) is 0 Å². The van der Waals surface area contributed by atoms with Gasteiger partial charge in [0.2, 0.25) is 0 Å². The van der Waals surface area contributed by atoms with Gasteiger partial charge in [-0.1, -0.05) is 84.5 Å². The molecule has 0 saturated heterocycles. The Hall–Kier alpha value is 0.260. The van der Waals surface area contributed by atoms with Gasteiger partial charge >= 0.3 is 0 Å². The number of rotatable bonds is 14. The molecule has 0 aliphatic rings. The predicted octanol–water partition coefficient (Wildman–Crippen LogP) is 6.68. The molecule has 1 heterocycles. The van der Waals surface area contributed by atoms with E-state index >= 15 is 0 Å². The third-order valence-corrected chi connectivity index (χ3v) is 6.83. The summed E-state index contributed by atoms with van der Waals surface area (Å²) in [6.07, 6.45) is 16.2. The molecule has 23 heavy (non-hydrogen) atoms. The van der Waals surface area contributed by atoms with Crippen LogP contribution in [0.1, 0.15) is 95.9 Å². The second-order valence-electron chi connectivity index (χ2n) is 6.82. The van der Waals surface area contributed by atoms with Crippen LogP contribution in [0.15, 0.2) is 5.51 Å². The van der Waals surface area contributed by atoms with Gasteiger partial charge in [-0.3, -0.25) is 0 Å². The van der Waals surface area contributed by atoms with Gasteiger partial charge in [-0.2, -0.15) is 25.3 Å². The molecule has 1 rings (SSSR count). The fourth-order valence-corrected chi connectivity index (χ4v) is 4.38. The molecule has 134 valence electrons. The van der Waals surface area contributed by atoms with Crippen LogP contribution < -0.4 is 0 Å². The van der Waals surface area contributed by atoms with Gasteiger partial charge < -0.3 is 0 Å². The highest BCUT2D eigenvalue weighted by Crippen LogP contribution is 2.38. The van der Waals surface area contributed by atoms with Crippen LogP contribution >= 0.6 is 36.6 Å². The van der Waals surface area contributed by atoms with E-state index in [2.05, 4.69) is 49.3 Å². The highest BCUT2D eigenvalue weighted by Gasteiger charge is 2.34. The van der Waals surface area contributed by atoms with Crippen LogP contribution in [0.25, 0.3) is 0 Å². The van der Waals surface area contributed by atoms with Crippen molar-refractivity contribution in [3.63, 3.8) is 0 Å². The van der Waals surface area contributed by atoms with Gasteiger partial charge in [-0.05, 0) is 6.42 Å². The molecule has 0 spiro atoms. The van der Waals surface area contributed by atoms with E-state index in [4.69, 9.17) is 0 Å². The van der Waals surface area contributed by atoms with Gasteiger partial charge in [0.15, 0.2) is 0 Å². The van der Waals surface area contributed by atoms with Crippen molar-refractivity contribution in [3.05, 3.63) is 10.5 Å². The molecule has 0 aliphatic heterocycles. The molecule has 0 fully saturated rings. The van der Waals surface area contributed by atoms with E-state index in [0.717, 1.165) is 11.4 Å². The monoisotopic (exact) mass is 374 g/mol. The summed E-state index contributed by atoms with van der Waals surface area (Å²) in [7, 11) is 0. The lowest BCUT2D eigenvalue weighted by atomic mass is 9.87. The third kappa shape index (κ3) is 8.26. The van der Waals surface area contributed by atoms with Gasteiger partial charge in [-0.15, -0.1) is 21.5 Å². The summed E-state index contributed by atoms with van der Waals surface area (Å²) in [6, 6.07) is 0. The molecule has 5 heteroatoms. The van der Waals surface area contributed by atoms with E-state index in [-0.39, 0.29) is 10.00 Å².